The van der Waals surface area contributed by atoms with E-state index in [-0.39, 0.29) is 29.0 Å². The maximum absolute atomic E-state index is 12.5. The summed E-state index contributed by atoms with van der Waals surface area (Å²) in [5.74, 6) is -1.95. The number of nitrogens with zero attached hydrogens (tertiary/aromatic N) is 1. The minimum absolute atomic E-state index is 0.0279. The molecular formula is C16H20N2O6S. The molecule has 0 saturated carbocycles. The molecule has 2 rings (SSSR count). The number of sulfonamides is 1. The molecule has 9 heteroatoms. The number of hydrogen-bond donors (Lipinski definition) is 2. The van der Waals surface area contributed by atoms with E-state index in [2.05, 4.69) is 5.32 Å². The normalized spacial score (nSPS) is 15.3. The van der Waals surface area contributed by atoms with Crippen molar-refractivity contribution in [2.75, 3.05) is 6.54 Å². The van der Waals surface area contributed by atoms with E-state index in [9.17, 15) is 22.8 Å². The average molecular weight is 368 g/mol. The van der Waals surface area contributed by atoms with Crippen molar-refractivity contribution in [3.8, 4) is 0 Å². The van der Waals surface area contributed by atoms with Gasteiger partial charge in [-0.15, -0.1) is 0 Å². The van der Waals surface area contributed by atoms with Gasteiger partial charge < -0.3 is 10.4 Å². The molecule has 0 atom stereocenters. The van der Waals surface area contributed by atoms with Crippen LogP contribution in [-0.2, 0) is 14.8 Å². The van der Waals surface area contributed by atoms with Crippen molar-refractivity contribution >= 4 is 27.8 Å². The molecule has 0 aliphatic carbocycles. The fourth-order valence-electron chi connectivity index (χ4n) is 2.60. The highest BCUT2D eigenvalue weighted by atomic mass is 32.2. The summed E-state index contributed by atoms with van der Waals surface area (Å²) in [5.41, 5.74) is 0.200. The fraction of sp³-hybridized carbons (Fsp3) is 0.438. The number of aliphatic carboxylic acids is 1. The molecule has 2 amide bonds. The van der Waals surface area contributed by atoms with Crippen molar-refractivity contribution in [3.63, 3.8) is 0 Å². The number of fused-ring (bicyclic) bond motifs is 1. The van der Waals surface area contributed by atoms with Gasteiger partial charge in [-0.05, 0) is 44.9 Å². The number of carbonyl (C=O) groups excluding carboxylic acids is 2. The third-order valence-corrected chi connectivity index (χ3v) is 5.78. The molecule has 1 aliphatic heterocycles. The zero-order valence-electron chi connectivity index (χ0n) is 14.0. The smallest absolute Gasteiger partial charge is 0.303 e. The van der Waals surface area contributed by atoms with Crippen LogP contribution >= 0.6 is 0 Å². The van der Waals surface area contributed by atoms with E-state index in [1.807, 2.05) is 0 Å². The average Bonchev–Trinajstić information content (AvgIpc) is 2.72. The first kappa shape index (κ1) is 18.9. The van der Waals surface area contributed by atoms with Crippen molar-refractivity contribution in [3.05, 3.63) is 29.3 Å². The van der Waals surface area contributed by atoms with E-state index in [1.54, 1.807) is 13.8 Å². The van der Waals surface area contributed by atoms with Crippen LogP contribution in [0.25, 0.3) is 0 Å². The number of rotatable bonds is 7. The SMILES string of the molecule is CC(C)N1C(=O)c2ccc(C(=O)NCCCCC(=O)O)cc2S1(=O)=O. The summed E-state index contributed by atoms with van der Waals surface area (Å²) >= 11 is 0. The minimum Gasteiger partial charge on any atom is -0.481 e. The van der Waals surface area contributed by atoms with Crippen molar-refractivity contribution in [2.45, 2.75) is 44.0 Å². The summed E-state index contributed by atoms with van der Waals surface area (Å²) in [4.78, 5) is 34.6. The van der Waals surface area contributed by atoms with Crippen LogP contribution in [-0.4, -0.2) is 48.2 Å². The van der Waals surface area contributed by atoms with E-state index >= 15 is 0 Å². The van der Waals surface area contributed by atoms with E-state index in [0.29, 0.717) is 12.8 Å². The lowest BCUT2D eigenvalue weighted by Gasteiger charge is -2.18. The molecule has 0 spiro atoms. The minimum atomic E-state index is -3.95. The summed E-state index contributed by atoms with van der Waals surface area (Å²) in [7, 11) is -3.95. The van der Waals surface area contributed by atoms with Gasteiger partial charge in [-0.1, -0.05) is 0 Å². The second-order valence-corrected chi connectivity index (χ2v) is 7.80. The maximum atomic E-state index is 12.5. The van der Waals surface area contributed by atoms with Crippen LogP contribution in [0.4, 0.5) is 0 Å². The van der Waals surface area contributed by atoms with Crippen LogP contribution in [0.3, 0.4) is 0 Å². The lowest BCUT2D eigenvalue weighted by Crippen LogP contribution is -2.36. The van der Waals surface area contributed by atoms with E-state index < -0.39 is 33.8 Å². The third kappa shape index (κ3) is 3.81. The number of hydrogen-bond acceptors (Lipinski definition) is 5. The van der Waals surface area contributed by atoms with Gasteiger partial charge in [0.05, 0.1) is 5.56 Å². The molecule has 136 valence electrons. The Hall–Kier alpha value is -2.42. The van der Waals surface area contributed by atoms with Crippen LogP contribution in [0, 0.1) is 0 Å². The molecule has 1 aromatic rings. The summed E-state index contributed by atoms with van der Waals surface area (Å²) in [5, 5.41) is 11.2. The van der Waals surface area contributed by atoms with Crippen LogP contribution in [0.15, 0.2) is 23.1 Å². The zero-order valence-corrected chi connectivity index (χ0v) is 14.8. The summed E-state index contributed by atoms with van der Waals surface area (Å²) in [6.07, 6.45) is 0.965. The van der Waals surface area contributed by atoms with Gasteiger partial charge in [0.15, 0.2) is 0 Å². The molecule has 0 radical (unpaired) electrons. The Labute approximate surface area is 145 Å². The number of amides is 2. The fourth-order valence-corrected chi connectivity index (χ4v) is 4.40. The highest BCUT2D eigenvalue weighted by Gasteiger charge is 2.42. The highest BCUT2D eigenvalue weighted by molar-refractivity contribution is 7.90. The van der Waals surface area contributed by atoms with Gasteiger partial charge in [-0.2, -0.15) is 0 Å². The largest absolute Gasteiger partial charge is 0.481 e. The van der Waals surface area contributed by atoms with Crippen LogP contribution < -0.4 is 5.32 Å². The third-order valence-electron chi connectivity index (χ3n) is 3.78. The van der Waals surface area contributed by atoms with E-state index in [1.165, 1.54) is 18.2 Å². The number of nitrogens with one attached hydrogen (secondary N) is 1. The maximum Gasteiger partial charge on any atom is 0.303 e. The van der Waals surface area contributed by atoms with Gasteiger partial charge in [0.2, 0.25) is 0 Å². The molecule has 1 aliphatic rings. The predicted octanol–water partition coefficient (Wildman–Crippen LogP) is 1.22. The first-order chi connectivity index (χ1) is 11.7. The van der Waals surface area contributed by atoms with Gasteiger partial charge in [0.25, 0.3) is 21.8 Å². The first-order valence-corrected chi connectivity index (χ1v) is 9.33. The molecule has 8 nitrogen and oxygen atoms in total. The second-order valence-electron chi connectivity index (χ2n) is 6.02. The molecule has 0 fully saturated rings. The lowest BCUT2D eigenvalue weighted by molar-refractivity contribution is -0.137. The molecule has 0 aromatic heterocycles. The number of unbranched alkanes of at least 4 members (excludes halogenated alkanes) is 1. The molecule has 0 saturated heterocycles. The Morgan fingerprint density at radius 3 is 2.52 bits per heavy atom. The van der Waals surface area contributed by atoms with Crippen LogP contribution in [0.1, 0.15) is 53.8 Å². The summed E-state index contributed by atoms with van der Waals surface area (Å²) in [6.45, 7) is 3.49. The molecular weight excluding hydrogens is 348 g/mol. The Kier molecular flexibility index (Phi) is 5.46. The topological polar surface area (TPSA) is 121 Å². The highest BCUT2D eigenvalue weighted by Crippen LogP contribution is 2.32. The number of carboxylic acid groups (broad SMARTS) is 1. The first-order valence-electron chi connectivity index (χ1n) is 7.89. The van der Waals surface area contributed by atoms with E-state index in [4.69, 9.17) is 5.11 Å². The quantitative estimate of drug-likeness (QED) is 0.698. The van der Waals surface area contributed by atoms with E-state index in [0.717, 1.165) is 4.31 Å². The van der Waals surface area contributed by atoms with Crippen molar-refractivity contribution in [1.29, 1.82) is 0 Å². The number of benzene rings is 1. The van der Waals surface area contributed by atoms with Crippen molar-refractivity contribution in [2.24, 2.45) is 0 Å². The van der Waals surface area contributed by atoms with Crippen molar-refractivity contribution < 1.29 is 27.9 Å². The molecule has 2 N–H and O–H groups in total. The molecule has 0 unspecified atom stereocenters. The van der Waals surface area contributed by atoms with Gasteiger partial charge in [0, 0.05) is 24.6 Å². The number of carbonyl (C=O) groups is 3. The Bertz CT molecular complexity index is 816. The van der Waals surface area contributed by atoms with Gasteiger partial charge in [0.1, 0.15) is 4.90 Å². The molecule has 1 aromatic carbocycles. The summed E-state index contributed by atoms with van der Waals surface area (Å²) in [6, 6.07) is 3.44. The van der Waals surface area contributed by atoms with Crippen molar-refractivity contribution in [1.82, 2.24) is 9.62 Å². The predicted molar refractivity (Wildman–Crippen MR) is 88.8 cm³/mol. The van der Waals surface area contributed by atoms with Gasteiger partial charge >= 0.3 is 5.97 Å². The van der Waals surface area contributed by atoms with Gasteiger partial charge in [-0.3, -0.25) is 14.4 Å². The molecule has 25 heavy (non-hydrogen) atoms. The molecule has 0 bridgehead atoms. The standard InChI is InChI=1S/C16H20N2O6S/c1-10(2)18-16(22)12-7-6-11(9-13(12)25(18,23)24)15(21)17-8-4-3-5-14(19)20/h6-7,9-10H,3-5,8H2,1-2H3,(H,17,21)(H,19,20). The monoisotopic (exact) mass is 368 g/mol. The Morgan fingerprint density at radius 2 is 1.92 bits per heavy atom. The Morgan fingerprint density at radius 1 is 1.24 bits per heavy atom. The zero-order chi connectivity index (χ0) is 18.8. The Balaban J connectivity index is 2.12. The lowest BCUT2D eigenvalue weighted by atomic mass is 10.1. The number of carboxylic acids is 1. The molecule has 1 heterocycles. The summed E-state index contributed by atoms with van der Waals surface area (Å²) < 4.78 is 25.8. The van der Waals surface area contributed by atoms with Crippen LogP contribution in [0.5, 0.6) is 0 Å². The van der Waals surface area contributed by atoms with Gasteiger partial charge in [-0.25, -0.2) is 12.7 Å². The van der Waals surface area contributed by atoms with Crippen LogP contribution in [0.2, 0.25) is 0 Å². The second kappa shape index (κ2) is 7.22.